The van der Waals surface area contributed by atoms with Crippen molar-refractivity contribution in [1.82, 2.24) is 9.78 Å². The lowest BCUT2D eigenvalue weighted by Crippen LogP contribution is -2.40. The van der Waals surface area contributed by atoms with Gasteiger partial charge in [-0.15, -0.1) is 0 Å². The van der Waals surface area contributed by atoms with E-state index >= 15 is 0 Å². The van der Waals surface area contributed by atoms with Gasteiger partial charge in [0.15, 0.2) is 0 Å². The van der Waals surface area contributed by atoms with Crippen LogP contribution in [0.5, 0.6) is 0 Å². The second-order valence-electron chi connectivity index (χ2n) is 5.56. The molecule has 6 heteroatoms. The molecular formula is C14H23BrN4O. The van der Waals surface area contributed by atoms with Gasteiger partial charge in [0.1, 0.15) is 4.47 Å². The van der Waals surface area contributed by atoms with Gasteiger partial charge < -0.3 is 10.6 Å². The van der Waals surface area contributed by atoms with Crippen molar-refractivity contribution in [3.05, 3.63) is 21.0 Å². The molecule has 1 aliphatic rings. The van der Waals surface area contributed by atoms with Crippen LogP contribution >= 0.6 is 15.9 Å². The summed E-state index contributed by atoms with van der Waals surface area (Å²) in [7, 11) is 0. The van der Waals surface area contributed by atoms with Crippen molar-refractivity contribution in [2.45, 2.75) is 45.7 Å². The molecule has 112 valence electrons. The molecule has 5 nitrogen and oxygen atoms in total. The Hall–Kier alpha value is -0.880. The zero-order chi connectivity index (χ0) is 14.7. The van der Waals surface area contributed by atoms with Gasteiger partial charge >= 0.3 is 0 Å². The van der Waals surface area contributed by atoms with Crippen molar-refractivity contribution >= 4 is 21.6 Å². The Balaban J connectivity index is 2.15. The zero-order valence-corrected chi connectivity index (χ0v) is 13.8. The predicted molar refractivity (Wildman–Crippen MR) is 85.1 cm³/mol. The number of hydrogen-bond donors (Lipinski definition) is 1. The second-order valence-corrected chi connectivity index (χ2v) is 6.35. The predicted octanol–water partition coefficient (Wildman–Crippen LogP) is 1.98. The molecule has 2 rings (SSSR count). The fourth-order valence-corrected chi connectivity index (χ4v) is 3.27. The molecule has 1 aliphatic heterocycles. The van der Waals surface area contributed by atoms with Gasteiger partial charge in [-0.2, -0.15) is 5.10 Å². The summed E-state index contributed by atoms with van der Waals surface area (Å²) in [6.45, 7) is 6.64. The summed E-state index contributed by atoms with van der Waals surface area (Å²) in [6, 6.07) is 0.247. The van der Waals surface area contributed by atoms with Crippen LogP contribution in [0.3, 0.4) is 0 Å². The van der Waals surface area contributed by atoms with Gasteiger partial charge in [0.2, 0.25) is 0 Å². The number of hydrogen-bond acceptors (Lipinski definition) is 4. The molecule has 1 unspecified atom stereocenters. The quantitative estimate of drug-likeness (QED) is 0.908. The van der Waals surface area contributed by atoms with Gasteiger partial charge in [-0.05, 0) is 48.0 Å². The first-order valence-corrected chi connectivity index (χ1v) is 8.10. The molecule has 1 atom stereocenters. The van der Waals surface area contributed by atoms with Crippen LogP contribution in [0.1, 0.15) is 33.1 Å². The van der Waals surface area contributed by atoms with E-state index in [0.29, 0.717) is 16.9 Å². The average Bonchev–Trinajstić information content (AvgIpc) is 2.44. The summed E-state index contributed by atoms with van der Waals surface area (Å²) in [4.78, 5) is 14.4. The maximum Gasteiger partial charge on any atom is 0.283 e. The van der Waals surface area contributed by atoms with Gasteiger partial charge in [0.25, 0.3) is 5.56 Å². The lowest BCUT2D eigenvalue weighted by molar-refractivity contribution is 0.354. The number of piperidine rings is 1. The molecule has 1 aromatic heterocycles. The highest BCUT2D eigenvalue weighted by Gasteiger charge is 2.24. The summed E-state index contributed by atoms with van der Waals surface area (Å²) in [5.74, 6) is 0.582. The molecule has 0 bridgehead atoms. The lowest BCUT2D eigenvalue weighted by Gasteiger charge is -2.35. The summed E-state index contributed by atoms with van der Waals surface area (Å²) in [6.07, 6.45) is 4.84. The molecule has 1 fully saturated rings. The van der Waals surface area contributed by atoms with Crippen molar-refractivity contribution in [3.8, 4) is 0 Å². The van der Waals surface area contributed by atoms with Crippen LogP contribution in [0.4, 0.5) is 5.69 Å². The second kappa shape index (κ2) is 6.72. The van der Waals surface area contributed by atoms with Crippen molar-refractivity contribution < 1.29 is 0 Å². The summed E-state index contributed by atoms with van der Waals surface area (Å²) in [5, 5.41) is 4.27. The number of aryl methyl sites for hydroxylation is 1. The maximum atomic E-state index is 12.2. The third kappa shape index (κ3) is 3.23. The highest BCUT2D eigenvalue weighted by atomic mass is 79.9. The molecule has 0 amide bonds. The number of halogens is 1. The molecule has 2 N–H and O–H groups in total. The van der Waals surface area contributed by atoms with Crippen LogP contribution < -0.4 is 16.2 Å². The first kappa shape index (κ1) is 15.5. The Morgan fingerprint density at radius 3 is 2.70 bits per heavy atom. The van der Waals surface area contributed by atoms with Crippen molar-refractivity contribution in [2.24, 2.45) is 11.7 Å². The highest BCUT2D eigenvalue weighted by Crippen LogP contribution is 2.27. The SMILES string of the molecule is CCCn1ncc(N2CCC(C(C)N)CC2)c(Br)c1=O. The molecule has 20 heavy (non-hydrogen) atoms. The Kier molecular flexibility index (Phi) is 5.21. The van der Waals surface area contributed by atoms with E-state index in [1.807, 2.05) is 6.92 Å². The number of nitrogens with two attached hydrogens (primary N) is 1. The normalized spacial score (nSPS) is 18.3. The Morgan fingerprint density at radius 1 is 1.50 bits per heavy atom. The number of anilines is 1. The van der Waals surface area contributed by atoms with Gasteiger partial charge in [-0.3, -0.25) is 4.79 Å². The topological polar surface area (TPSA) is 64.2 Å². The van der Waals surface area contributed by atoms with Crippen LogP contribution in [-0.2, 0) is 6.54 Å². The first-order chi connectivity index (χ1) is 9.54. The third-order valence-corrected chi connectivity index (χ3v) is 4.77. The van der Waals surface area contributed by atoms with E-state index in [1.165, 1.54) is 4.68 Å². The van der Waals surface area contributed by atoms with E-state index in [2.05, 4.69) is 32.9 Å². The summed E-state index contributed by atoms with van der Waals surface area (Å²) < 4.78 is 2.14. The van der Waals surface area contributed by atoms with Gasteiger partial charge in [0.05, 0.1) is 11.9 Å². The Morgan fingerprint density at radius 2 is 2.15 bits per heavy atom. The molecule has 0 spiro atoms. The summed E-state index contributed by atoms with van der Waals surface area (Å²) >= 11 is 3.44. The van der Waals surface area contributed by atoms with Crippen LogP contribution in [0.15, 0.2) is 15.5 Å². The van der Waals surface area contributed by atoms with Gasteiger partial charge in [-0.25, -0.2) is 4.68 Å². The average molecular weight is 343 g/mol. The van der Waals surface area contributed by atoms with Crippen LogP contribution in [0.25, 0.3) is 0 Å². The van der Waals surface area contributed by atoms with E-state index in [1.54, 1.807) is 6.20 Å². The molecule has 1 saturated heterocycles. The third-order valence-electron chi connectivity index (χ3n) is 4.03. The first-order valence-electron chi connectivity index (χ1n) is 7.30. The highest BCUT2D eigenvalue weighted by molar-refractivity contribution is 9.10. The number of rotatable bonds is 4. The summed E-state index contributed by atoms with van der Waals surface area (Å²) in [5.41, 5.74) is 6.83. The van der Waals surface area contributed by atoms with E-state index in [4.69, 9.17) is 5.73 Å². The number of nitrogens with zero attached hydrogens (tertiary/aromatic N) is 3. The van der Waals surface area contributed by atoms with Crippen molar-refractivity contribution in [2.75, 3.05) is 18.0 Å². The molecule has 0 radical (unpaired) electrons. The number of aromatic nitrogens is 2. The monoisotopic (exact) mass is 342 g/mol. The van der Waals surface area contributed by atoms with E-state index in [9.17, 15) is 4.79 Å². The molecule has 1 aromatic rings. The van der Waals surface area contributed by atoms with Crippen LogP contribution in [0.2, 0.25) is 0 Å². The van der Waals surface area contributed by atoms with Gasteiger partial charge in [-0.1, -0.05) is 6.92 Å². The van der Waals surface area contributed by atoms with E-state index in [0.717, 1.165) is 38.0 Å². The van der Waals surface area contributed by atoms with Crippen molar-refractivity contribution in [3.63, 3.8) is 0 Å². The standard InChI is InChI=1S/C14H23BrN4O/c1-3-6-19-14(20)13(15)12(9-17-19)18-7-4-11(5-8-18)10(2)16/h9-11H,3-8,16H2,1-2H3. The smallest absolute Gasteiger partial charge is 0.283 e. The lowest BCUT2D eigenvalue weighted by atomic mass is 9.91. The molecule has 0 aromatic carbocycles. The van der Waals surface area contributed by atoms with E-state index < -0.39 is 0 Å². The van der Waals surface area contributed by atoms with Crippen LogP contribution in [-0.4, -0.2) is 28.9 Å². The molecule has 0 aliphatic carbocycles. The minimum Gasteiger partial charge on any atom is -0.369 e. The molecule has 2 heterocycles. The molecule has 0 saturated carbocycles. The largest absolute Gasteiger partial charge is 0.369 e. The van der Waals surface area contributed by atoms with Crippen LogP contribution in [0, 0.1) is 5.92 Å². The Bertz CT molecular complexity index is 506. The van der Waals surface area contributed by atoms with E-state index in [-0.39, 0.29) is 11.6 Å². The fraction of sp³-hybridized carbons (Fsp3) is 0.714. The maximum absolute atomic E-state index is 12.2. The minimum absolute atomic E-state index is 0.0429. The zero-order valence-electron chi connectivity index (χ0n) is 12.2. The Labute approximate surface area is 128 Å². The molecular weight excluding hydrogens is 320 g/mol. The van der Waals surface area contributed by atoms with Crippen molar-refractivity contribution in [1.29, 1.82) is 0 Å². The fourth-order valence-electron chi connectivity index (χ4n) is 2.71. The minimum atomic E-state index is -0.0429. The van der Waals surface area contributed by atoms with Gasteiger partial charge in [0, 0.05) is 25.7 Å².